The van der Waals surface area contributed by atoms with Crippen molar-refractivity contribution >= 4 is 40.6 Å². The molecule has 0 radical (unpaired) electrons. The number of carbonyl (C=O) groups is 1. The molecule has 1 N–H and O–H groups in total. The summed E-state index contributed by atoms with van der Waals surface area (Å²) in [4.78, 5) is 17.6. The summed E-state index contributed by atoms with van der Waals surface area (Å²) >= 11 is 12.2. The lowest BCUT2D eigenvalue weighted by atomic mass is 9.83. The fourth-order valence-electron chi connectivity index (χ4n) is 5.05. The lowest BCUT2D eigenvalue weighted by molar-refractivity contribution is 0.253. The number of phenols is 1. The molecule has 1 saturated heterocycles. The highest BCUT2D eigenvalue weighted by Gasteiger charge is 2.61. The monoisotopic (exact) mass is 468 g/mol. The summed E-state index contributed by atoms with van der Waals surface area (Å²) in [6, 6.07) is 21.9. The van der Waals surface area contributed by atoms with Gasteiger partial charge in [0.15, 0.2) is 0 Å². The number of rotatable bonds is 3. The van der Waals surface area contributed by atoms with Crippen molar-refractivity contribution in [2.24, 2.45) is 0 Å². The van der Waals surface area contributed by atoms with Crippen molar-refractivity contribution in [1.29, 1.82) is 0 Å². The van der Waals surface area contributed by atoms with Gasteiger partial charge in [-0.15, -0.1) is 0 Å². The Bertz CT molecular complexity index is 1100. The lowest BCUT2D eigenvalue weighted by Gasteiger charge is -2.38. The van der Waals surface area contributed by atoms with E-state index in [-0.39, 0.29) is 17.8 Å². The van der Waals surface area contributed by atoms with E-state index in [0.29, 0.717) is 10.0 Å². The molecule has 4 nitrogen and oxygen atoms in total. The number of benzene rings is 3. The fraction of sp³-hybridized carbons (Fsp3) is 0.269. The Kier molecular flexibility index (Phi) is 6.36. The molecule has 32 heavy (non-hydrogen) atoms. The van der Waals surface area contributed by atoms with Gasteiger partial charge in [-0.05, 0) is 85.5 Å². The molecule has 0 spiro atoms. The molecule has 1 saturated carbocycles. The van der Waals surface area contributed by atoms with Crippen molar-refractivity contribution in [3.05, 3.63) is 88.4 Å². The molecule has 0 bridgehead atoms. The molecule has 2 atom stereocenters. The number of phenolic OH excluding ortho intramolecular Hbond substituents is 1. The van der Waals surface area contributed by atoms with E-state index in [2.05, 4.69) is 0 Å². The van der Waals surface area contributed by atoms with E-state index in [1.165, 1.54) is 0 Å². The first-order valence-corrected chi connectivity index (χ1v) is 11.7. The average molecular weight is 469 g/mol. The van der Waals surface area contributed by atoms with Crippen molar-refractivity contribution in [1.82, 2.24) is 0 Å². The Morgan fingerprint density at radius 1 is 0.906 bits per heavy atom. The van der Waals surface area contributed by atoms with Gasteiger partial charge in [0, 0.05) is 21.4 Å². The van der Waals surface area contributed by atoms with Crippen LogP contribution in [-0.4, -0.2) is 17.2 Å². The van der Waals surface area contributed by atoms with Gasteiger partial charge in [-0.3, -0.25) is 9.80 Å². The maximum Gasteiger partial charge on any atom is 0.330 e. The average Bonchev–Trinajstić information content (AvgIpc) is 3.33. The Morgan fingerprint density at radius 2 is 1.50 bits per heavy atom. The first kappa shape index (κ1) is 22.5. The third-order valence-corrected chi connectivity index (χ3v) is 6.73. The smallest absolute Gasteiger partial charge is 0.330 e. The van der Waals surface area contributed by atoms with Crippen LogP contribution in [0.15, 0.2) is 72.8 Å². The summed E-state index contributed by atoms with van der Waals surface area (Å²) in [6.45, 7) is 4.00. The molecule has 2 unspecified atom stereocenters. The predicted octanol–water partition coefficient (Wildman–Crippen LogP) is 7.62. The molecule has 166 valence electrons. The number of urea groups is 1. The fourth-order valence-corrected chi connectivity index (χ4v) is 5.30. The van der Waals surface area contributed by atoms with Crippen LogP contribution in [0.25, 0.3) is 0 Å². The normalized spacial score (nSPS) is 21.9. The van der Waals surface area contributed by atoms with Crippen molar-refractivity contribution in [2.75, 3.05) is 9.80 Å². The van der Waals surface area contributed by atoms with Crippen LogP contribution in [0.2, 0.25) is 10.0 Å². The van der Waals surface area contributed by atoms with E-state index in [1.54, 1.807) is 36.4 Å². The number of carbonyl (C=O) groups excluding carboxylic acids is 1. The first-order chi connectivity index (χ1) is 15.5. The molecule has 3 aromatic rings. The molecule has 5 rings (SSSR count). The van der Waals surface area contributed by atoms with Crippen molar-refractivity contribution in [3.63, 3.8) is 0 Å². The van der Waals surface area contributed by atoms with Gasteiger partial charge >= 0.3 is 6.03 Å². The van der Waals surface area contributed by atoms with Gasteiger partial charge in [0.05, 0.1) is 11.6 Å². The van der Waals surface area contributed by atoms with E-state index in [9.17, 15) is 9.90 Å². The molecule has 1 aliphatic carbocycles. The number of halogens is 2. The van der Waals surface area contributed by atoms with Crippen molar-refractivity contribution in [3.8, 4) is 5.75 Å². The molecule has 2 amide bonds. The number of fused-ring (bicyclic) bond motifs is 1. The minimum Gasteiger partial charge on any atom is -0.508 e. The largest absolute Gasteiger partial charge is 0.508 e. The zero-order valence-electron chi connectivity index (χ0n) is 18.1. The van der Waals surface area contributed by atoms with Gasteiger partial charge in [-0.1, -0.05) is 49.2 Å². The third kappa shape index (κ3) is 3.62. The van der Waals surface area contributed by atoms with Crippen LogP contribution in [0.1, 0.15) is 38.7 Å². The predicted molar refractivity (Wildman–Crippen MR) is 132 cm³/mol. The maximum atomic E-state index is 13.9. The van der Waals surface area contributed by atoms with Crippen LogP contribution < -0.4 is 9.80 Å². The Morgan fingerprint density at radius 3 is 2.09 bits per heavy atom. The van der Waals surface area contributed by atoms with Gasteiger partial charge in [0.2, 0.25) is 0 Å². The number of amides is 2. The minimum absolute atomic E-state index is 0.0661. The zero-order valence-corrected chi connectivity index (χ0v) is 19.6. The van der Waals surface area contributed by atoms with E-state index in [4.69, 9.17) is 23.2 Å². The quantitative estimate of drug-likeness (QED) is 0.429. The zero-order chi connectivity index (χ0) is 22.9. The number of hydrogen-bond acceptors (Lipinski definition) is 2. The topological polar surface area (TPSA) is 43.8 Å². The van der Waals surface area contributed by atoms with Gasteiger partial charge in [-0.25, -0.2) is 4.79 Å². The Hall–Kier alpha value is -2.69. The second-order valence-corrected chi connectivity index (χ2v) is 8.70. The Labute approximate surface area is 199 Å². The molecule has 2 aliphatic rings. The summed E-state index contributed by atoms with van der Waals surface area (Å²) in [6.07, 6.45) is 2.65. The number of anilines is 2. The van der Waals surface area contributed by atoms with E-state index < -0.39 is 5.54 Å². The van der Waals surface area contributed by atoms with Crippen molar-refractivity contribution in [2.45, 2.75) is 44.7 Å². The molecule has 1 heterocycles. The van der Waals surface area contributed by atoms with E-state index >= 15 is 0 Å². The highest BCUT2D eigenvalue weighted by atomic mass is 35.5. The van der Waals surface area contributed by atoms with E-state index in [1.807, 2.05) is 60.0 Å². The summed E-state index contributed by atoms with van der Waals surface area (Å²) in [7, 11) is 0. The van der Waals surface area contributed by atoms with Gasteiger partial charge in [0.25, 0.3) is 0 Å². The van der Waals surface area contributed by atoms with E-state index in [0.717, 1.165) is 36.2 Å². The van der Waals surface area contributed by atoms with Gasteiger partial charge in [0.1, 0.15) is 5.75 Å². The number of nitrogens with zero attached hydrogens (tertiary/aromatic N) is 2. The van der Waals surface area contributed by atoms with Crippen molar-refractivity contribution < 1.29 is 9.90 Å². The summed E-state index contributed by atoms with van der Waals surface area (Å²) < 4.78 is 0. The molecular weight excluding hydrogens is 443 g/mol. The van der Waals surface area contributed by atoms with Crippen LogP contribution in [-0.2, 0) is 5.54 Å². The van der Waals surface area contributed by atoms with Crippen LogP contribution >= 0.6 is 23.2 Å². The maximum absolute atomic E-state index is 13.9. The van der Waals surface area contributed by atoms with Crippen LogP contribution in [0.3, 0.4) is 0 Å². The highest BCUT2D eigenvalue weighted by molar-refractivity contribution is 6.31. The summed E-state index contributed by atoms with van der Waals surface area (Å²) in [5, 5.41) is 11.5. The van der Waals surface area contributed by atoms with Crippen LogP contribution in [0.4, 0.5) is 16.2 Å². The standard InChI is InChI=1S/C24H20Cl2N2O2.C2H6/c25-17-6-10-19(11-7-17)27-22-5-2-14-24(22,16-3-1-4-21(29)15-16)28(23(27)30)20-12-8-18(26)9-13-20;1-2/h1,3-4,6-13,15,22,29H,2,5,14H2;1-2H3. The van der Waals surface area contributed by atoms with Gasteiger partial charge < -0.3 is 5.11 Å². The lowest BCUT2D eigenvalue weighted by Crippen LogP contribution is -2.46. The molecule has 0 aromatic heterocycles. The molecule has 6 heteroatoms. The Balaban J connectivity index is 0.00000119. The van der Waals surface area contributed by atoms with Crippen LogP contribution in [0, 0.1) is 0 Å². The second kappa shape index (κ2) is 9.05. The van der Waals surface area contributed by atoms with Crippen LogP contribution in [0.5, 0.6) is 5.75 Å². The van der Waals surface area contributed by atoms with Gasteiger partial charge in [-0.2, -0.15) is 0 Å². The molecule has 3 aromatic carbocycles. The first-order valence-electron chi connectivity index (χ1n) is 10.9. The molecular formula is C26H26Cl2N2O2. The molecule has 1 aliphatic heterocycles. The highest BCUT2D eigenvalue weighted by Crippen LogP contribution is 2.54. The third-order valence-electron chi connectivity index (χ3n) is 6.23. The molecule has 2 fully saturated rings. The summed E-state index contributed by atoms with van der Waals surface area (Å²) in [5.74, 6) is 0.195. The number of hydrogen-bond donors (Lipinski definition) is 1. The number of aromatic hydroxyl groups is 1. The summed E-state index contributed by atoms with van der Waals surface area (Å²) in [5.41, 5.74) is 1.96. The second-order valence-electron chi connectivity index (χ2n) is 7.82. The SMILES string of the molecule is CC.O=C1N(c2ccc(Cl)cc2)C2CCCC2(c2cccc(O)c2)N1c1ccc(Cl)cc1. The minimum atomic E-state index is -0.580.